The van der Waals surface area contributed by atoms with E-state index in [9.17, 15) is 18.0 Å². The van der Waals surface area contributed by atoms with E-state index in [0.717, 1.165) is 4.47 Å². The van der Waals surface area contributed by atoms with Gasteiger partial charge in [-0.05, 0) is 56.5 Å². The van der Waals surface area contributed by atoms with Crippen molar-refractivity contribution in [2.24, 2.45) is 5.92 Å². The molecule has 0 radical (unpaired) electrons. The lowest BCUT2D eigenvalue weighted by Gasteiger charge is -2.32. The van der Waals surface area contributed by atoms with Crippen LogP contribution in [0, 0.1) is 12.8 Å². The Morgan fingerprint density at radius 3 is 2.81 bits per heavy atom. The van der Waals surface area contributed by atoms with E-state index in [1.165, 1.54) is 10.4 Å². The second kappa shape index (κ2) is 8.84. The molecule has 2 N–H and O–H groups in total. The second-order valence-electron chi connectivity index (χ2n) is 8.06. The summed E-state index contributed by atoms with van der Waals surface area (Å²) in [5, 5.41) is 5.60. The molecule has 2 atom stereocenters. The zero-order valence-corrected chi connectivity index (χ0v) is 20.1. The third-order valence-electron chi connectivity index (χ3n) is 5.67. The van der Waals surface area contributed by atoms with Crippen LogP contribution in [0.1, 0.15) is 25.3 Å². The molecule has 4 rings (SSSR count). The van der Waals surface area contributed by atoms with Crippen molar-refractivity contribution in [2.45, 2.75) is 37.7 Å². The summed E-state index contributed by atoms with van der Waals surface area (Å²) in [6.07, 6.45) is 0.493. The number of nitrogens with zero attached hydrogens (tertiary/aromatic N) is 1. The summed E-state index contributed by atoms with van der Waals surface area (Å²) < 4.78 is 34.7. The standard InChI is InChI=1S/C22H24BrN3O5S/c1-13-9-18-19(31-14(2)21(27)25-18)11-20(13)32(29,30)26-8-4-5-15(12-26)22(28)24-17-7-3-6-16(23)10-17/h3,6-7,9-11,14-15H,4-5,8,12H2,1-2H3,(H,24,28)(H,25,27)/t14-,15+/m1/s1. The molecule has 0 aromatic heterocycles. The number of carbonyl (C=O) groups excluding carboxylic acids is 2. The number of hydrogen-bond donors (Lipinski definition) is 2. The number of rotatable bonds is 4. The fourth-order valence-electron chi connectivity index (χ4n) is 3.95. The number of ether oxygens (including phenoxy) is 1. The summed E-state index contributed by atoms with van der Waals surface area (Å²) in [6.45, 7) is 3.73. The van der Waals surface area contributed by atoms with Crippen molar-refractivity contribution in [3.8, 4) is 5.75 Å². The van der Waals surface area contributed by atoms with Crippen LogP contribution < -0.4 is 15.4 Å². The van der Waals surface area contributed by atoms with E-state index in [-0.39, 0.29) is 23.3 Å². The number of halogens is 1. The number of sulfonamides is 1. The maximum atomic E-state index is 13.5. The van der Waals surface area contributed by atoms with Crippen molar-refractivity contribution in [1.29, 1.82) is 0 Å². The molecule has 170 valence electrons. The SMILES string of the molecule is Cc1cc2c(cc1S(=O)(=O)N1CCC[C@H](C(=O)Nc3cccc(Br)c3)C1)O[C@H](C)C(=O)N2. The molecule has 2 aromatic rings. The topological polar surface area (TPSA) is 105 Å². The Hall–Kier alpha value is -2.43. The van der Waals surface area contributed by atoms with Gasteiger partial charge in [-0.15, -0.1) is 0 Å². The van der Waals surface area contributed by atoms with E-state index < -0.39 is 22.0 Å². The number of aryl methyl sites for hydroxylation is 1. The number of nitrogens with one attached hydrogen (secondary N) is 2. The Balaban J connectivity index is 1.54. The molecular formula is C22H24BrN3O5S. The highest BCUT2D eigenvalue weighted by Gasteiger charge is 2.35. The van der Waals surface area contributed by atoms with E-state index in [1.807, 2.05) is 12.1 Å². The molecule has 2 aliphatic heterocycles. The number of fused-ring (bicyclic) bond motifs is 1. The molecule has 2 heterocycles. The Morgan fingerprint density at radius 1 is 1.28 bits per heavy atom. The molecule has 2 amide bonds. The zero-order chi connectivity index (χ0) is 23.0. The normalized spacial score (nSPS) is 21.3. The van der Waals surface area contributed by atoms with Crippen molar-refractivity contribution >= 4 is 49.1 Å². The molecule has 1 fully saturated rings. The number of anilines is 2. The Labute approximate surface area is 195 Å². The van der Waals surface area contributed by atoms with Crippen LogP contribution in [0.15, 0.2) is 45.8 Å². The van der Waals surface area contributed by atoms with Crippen molar-refractivity contribution in [1.82, 2.24) is 4.31 Å². The van der Waals surface area contributed by atoms with Gasteiger partial charge in [-0.2, -0.15) is 4.31 Å². The highest BCUT2D eigenvalue weighted by atomic mass is 79.9. The van der Waals surface area contributed by atoms with Crippen molar-refractivity contribution in [3.63, 3.8) is 0 Å². The summed E-state index contributed by atoms with van der Waals surface area (Å²) in [6, 6.07) is 10.3. The monoisotopic (exact) mass is 521 g/mol. The van der Waals surface area contributed by atoms with Crippen LogP contribution in [-0.2, 0) is 19.6 Å². The highest BCUT2D eigenvalue weighted by Crippen LogP contribution is 2.36. The highest BCUT2D eigenvalue weighted by molar-refractivity contribution is 9.10. The van der Waals surface area contributed by atoms with Gasteiger partial charge in [0.15, 0.2) is 6.10 Å². The van der Waals surface area contributed by atoms with Crippen molar-refractivity contribution in [2.75, 3.05) is 23.7 Å². The van der Waals surface area contributed by atoms with Gasteiger partial charge in [0.05, 0.1) is 16.5 Å². The predicted molar refractivity (Wildman–Crippen MR) is 124 cm³/mol. The third-order valence-corrected chi connectivity index (χ3v) is 8.17. The first-order valence-electron chi connectivity index (χ1n) is 10.3. The number of amides is 2. The van der Waals surface area contributed by atoms with Gasteiger partial charge in [0.1, 0.15) is 5.75 Å². The van der Waals surface area contributed by atoms with Gasteiger partial charge in [0.25, 0.3) is 5.91 Å². The average Bonchev–Trinajstić information content (AvgIpc) is 2.74. The predicted octanol–water partition coefficient (Wildman–Crippen LogP) is 3.52. The Morgan fingerprint density at radius 2 is 2.06 bits per heavy atom. The lowest BCUT2D eigenvalue weighted by atomic mass is 9.99. The van der Waals surface area contributed by atoms with Gasteiger partial charge in [0.2, 0.25) is 15.9 Å². The van der Waals surface area contributed by atoms with Gasteiger partial charge in [-0.3, -0.25) is 9.59 Å². The van der Waals surface area contributed by atoms with Crippen molar-refractivity contribution in [3.05, 3.63) is 46.4 Å². The maximum absolute atomic E-state index is 13.5. The Kier molecular flexibility index (Phi) is 6.28. The minimum atomic E-state index is -3.85. The van der Waals surface area contributed by atoms with E-state index >= 15 is 0 Å². The molecule has 1 saturated heterocycles. The fourth-order valence-corrected chi connectivity index (χ4v) is 6.09. The quantitative estimate of drug-likeness (QED) is 0.640. The lowest BCUT2D eigenvalue weighted by molar-refractivity contribution is -0.123. The van der Waals surface area contributed by atoms with E-state index in [2.05, 4.69) is 26.6 Å². The smallest absolute Gasteiger partial charge is 0.265 e. The van der Waals surface area contributed by atoms with Crippen LogP contribution >= 0.6 is 15.9 Å². The molecule has 0 saturated carbocycles. The average molecular weight is 522 g/mol. The summed E-state index contributed by atoms with van der Waals surface area (Å²) in [5.74, 6) is -0.610. The molecule has 0 bridgehead atoms. The summed E-state index contributed by atoms with van der Waals surface area (Å²) in [4.78, 5) is 24.8. The van der Waals surface area contributed by atoms with E-state index in [1.54, 1.807) is 32.0 Å². The van der Waals surface area contributed by atoms with Gasteiger partial charge in [0, 0.05) is 29.3 Å². The largest absolute Gasteiger partial charge is 0.479 e. The number of hydrogen-bond acceptors (Lipinski definition) is 5. The molecule has 8 nitrogen and oxygen atoms in total. The van der Waals surface area contributed by atoms with Crippen LogP contribution in [0.2, 0.25) is 0 Å². The third kappa shape index (κ3) is 4.53. The molecule has 2 aliphatic rings. The van der Waals surface area contributed by atoms with Gasteiger partial charge < -0.3 is 15.4 Å². The zero-order valence-electron chi connectivity index (χ0n) is 17.7. The summed E-state index contributed by atoms with van der Waals surface area (Å²) in [5.41, 5.74) is 1.61. The summed E-state index contributed by atoms with van der Waals surface area (Å²) in [7, 11) is -3.85. The minimum Gasteiger partial charge on any atom is -0.479 e. The maximum Gasteiger partial charge on any atom is 0.265 e. The van der Waals surface area contributed by atoms with Crippen LogP contribution in [0.5, 0.6) is 5.75 Å². The van der Waals surface area contributed by atoms with E-state index in [4.69, 9.17) is 4.74 Å². The first-order valence-corrected chi connectivity index (χ1v) is 12.6. The lowest BCUT2D eigenvalue weighted by Crippen LogP contribution is -2.44. The summed E-state index contributed by atoms with van der Waals surface area (Å²) >= 11 is 3.38. The van der Waals surface area contributed by atoms with Crippen LogP contribution in [0.25, 0.3) is 0 Å². The Bertz CT molecular complexity index is 1180. The molecule has 0 aliphatic carbocycles. The number of piperidine rings is 1. The van der Waals surface area contributed by atoms with Crippen molar-refractivity contribution < 1.29 is 22.7 Å². The van der Waals surface area contributed by atoms with Crippen LogP contribution in [0.3, 0.4) is 0 Å². The molecular weight excluding hydrogens is 498 g/mol. The molecule has 2 aromatic carbocycles. The molecule has 32 heavy (non-hydrogen) atoms. The first kappa shape index (κ1) is 22.8. The second-order valence-corrected chi connectivity index (χ2v) is 10.9. The molecule has 10 heteroatoms. The molecule has 0 spiro atoms. The van der Waals surface area contributed by atoms with Crippen LogP contribution in [0.4, 0.5) is 11.4 Å². The minimum absolute atomic E-state index is 0.104. The van der Waals surface area contributed by atoms with E-state index in [0.29, 0.717) is 42.1 Å². The van der Waals surface area contributed by atoms with Gasteiger partial charge >= 0.3 is 0 Å². The number of benzene rings is 2. The molecule has 0 unspecified atom stereocenters. The van der Waals surface area contributed by atoms with Gasteiger partial charge in [-0.1, -0.05) is 22.0 Å². The van der Waals surface area contributed by atoms with Crippen LogP contribution in [-0.4, -0.2) is 43.7 Å². The first-order chi connectivity index (χ1) is 15.1. The fraction of sp³-hybridized carbons (Fsp3) is 0.364. The van der Waals surface area contributed by atoms with Gasteiger partial charge in [-0.25, -0.2) is 8.42 Å². The number of carbonyl (C=O) groups is 2.